The number of alkyl halides is 6. The van der Waals surface area contributed by atoms with Crippen molar-refractivity contribution in [2.24, 2.45) is 22.4 Å². The first-order valence-electron chi connectivity index (χ1n) is 10.6. The van der Waals surface area contributed by atoms with Crippen LogP contribution in [-0.4, -0.2) is 46.3 Å². The second kappa shape index (κ2) is 12.2. The summed E-state index contributed by atoms with van der Waals surface area (Å²) in [5.41, 5.74) is 6.11. The quantitative estimate of drug-likeness (QED) is 0.165. The standard InChI is InChI=1S/C21H24F6N6O2S/c22-20(23,24)7-8-31-14-3-6-17(12(9-14)10-28)32-11-16(19(30)34)18(29)33-13-1-4-15(5-2-13)36(35)21(25,26)27/h1-2,4-5,11-12,14,17,31-32H,3,6-9H2,(H2,29,33)(H2,30,34)/b16-11+/t12?,14-,17+,36?/m1/s1. The van der Waals surface area contributed by atoms with Gasteiger partial charge in [0.15, 0.2) is 10.8 Å². The monoisotopic (exact) mass is 538 g/mol. The molecule has 2 unspecified atom stereocenters. The largest absolute Gasteiger partial charge is 0.475 e. The number of rotatable bonds is 9. The summed E-state index contributed by atoms with van der Waals surface area (Å²) in [5, 5.41) is 15.2. The first-order valence-corrected chi connectivity index (χ1v) is 11.7. The highest BCUT2D eigenvalue weighted by Gasteiger charge is 2.38. The van der Waals surface area contributed by atoms with Crippen LogP contribution in [0.4, 0.5) is 32.0 Å². The summed E-state index contributed by atoms with van der Waals surface area (Å²) in [6.45, 7) is -0.254. The van der Waals surface area contributed by atoms with Crippen LogP contribution in [0.1, 0.15) is 25.7 Å². The maximum absolute atomic E-state index is 12.6. The maximum Gasteiger partial charge on any atom is 0.475 e. The van der Waals surface area contributed by atoms with Gasteiger partial charge in [-0.2, -0.15) is 31.6 Å². The highest BCUT2D eigenvalue weighted by atomic mass is 32.2. The molecule has 0 spiro atoms. The maximum atomic E-state index is 12.6. The van der Waals surface area contributed by atoms with Crippen LogP contribution in [0.5, 0.6) is 0 Å². The molecule has 15 heteroatoms. The second-order valence-corrected chi connectivity index (χ2v) is 9.44. The highest BCUT2D eigenvalue weighted by Crippen LogP contribution is 2.28. The van der Waals surface area contributed by atoms with Crippen molar-refractivity contribution in [1.29, 1.82) is 5.26 Å². The fourth-order valence-electron chi connectivity index (χ4n) is 3.56. The molecule has 1 fully saturated rings. The summed E-state index contributed by atoms with van der Waals surface area (Å²) in [6.07, 6.45) is -2.88. The third kappa shape index (κ3) is 8.83. The van der Waals surface area contributed by atoms with Crippen LogP contribution < -0.4 is 22.1 Å². The number of halogens is 6. The minimum Gasteiger partial charge on any atom is -0.386 e. The molecule has 198 valence electrons. The van der Waals surface area contributed by atoms with Gasteiger partial charge in [0.25, 0.3) is 5.91 Å². The van der Waals surface area contributed by atoms with E-state index in [1.165, 1.54) is 6.20 Å². The van der Waals surface area contributed by atoms with E-state index in [1.54, 1.807) is 0 Å². The fourth-order valence-corrected chi connectivity index (χ4v) is 4.21. The minimum absolute atomic E-state index is 0.0721. The summed E-state index contributed by atoms with van der Waals surface area (Å²) >= 11 is 0. The lowest BCUT2D eigenvalue weighted by molar-refractivity contribution is -0.133. The molecule has 1 amide bonds. The molecule has 4 atom stereocenters. The molecule has 0 heterocycles. The zero-order valence-electron chi connectivity index (χ0n) is 18.7. The average Bonchev–Trinajstić information content (AvgIpc) is 2.78. The van der Waals surface area contributed by atoms with Crippen LogP contribution in [-0.2, 0) is 15.6 Å². The molecule has 1 aromatic rings. The molecular formula is C21H24F6N6O2S. The summed E-state index contributed by atoms with van der Waals surface area (Å²) in [6, 6.07) is 5.59. The van der Waals surface area contributed by atoms with Crippen LogP contribution in [0.25, 0.3) is 0 Å². The zero-order chi connectivity index (χ0) is 27.1. The van der Waals surface area contributed by atoms with Crippen LogP contribution in [0.15, 0.2) is 45.9 Å². The Bertz CT molecular complexity index is 1050. The Morgan fingerprint density at radius 1 is 1.17 bits per heavy atom. The van der Waals surface area contributed by atoms with Crippen molar-refractivity contribution < 1.29 is 35.3 Å². The molecule has 8 nitrogen and oxygen atoms in total. The lowest BCUT2D eigenvalue weighted by Crippen LogP contribution is -2.45. The van der Waals surface area contributed by atoms with Gasteiger partial charge in [0.05, 0.1) is 29.7 Å². The number of aliphatic imine (C=N–C) groups is 1. The van der Waals surface area contributed by atoms with Crippen LogP contribution >= 0.6 is 0 Å². The molecule has 0 aromatic heterocycles. The van der Waals surface area contributed by atoms with Crippen molar-refractivity contribution in [2.45, 2.75) is 54.3 Å². The number of nitrogens with zero attached hydrogens (tertiary/aromatic N) is 2. The number of amidine groups is 1. The van der Waals surface area contributed by atoms with Gasteiger partial charge in [0, 0.05) is 29.7 Å². The molecule has 1 aliphatic carbocycles. The number of amides is 1. The number of nitriles is 1. The van der Waals surface area contributed by atoms with Gasteiger partial charge < -0.3 is 22.1 Å². The SMILES string of the molecule is N#CC1C[C@H](NCCC(F)(F)F)CC[C@@H]1N/C=C(/C(N)=O)C(N)=Nc1ccc(S(=O)C(F)(F)F)cc1. The number of primary amides is 1. The van der Waals surface area contributed by atoms with Crippen LogP contribution in [0, 0.1) is 17.2 Å². The molecule has 1 aromatic carbocycles. The summed E-state index contributed by atoms with van der Waals surface area (Å²) in [7, 11) is -3.21. The van der Waals surface area contributed by atoms with E-state index in [9.17, 15) is 40.6 Å². The minimum atomic E-state index is -4.92. The first kappa shape index (κ1) is 29.1. The predicted molar refractivity (Wildman–Crippen MR) is 120 cm³/mol. The fraction of sp³-hybridized carbons (Fsp3) is 0.476. The number of nitrogens with one attached hydrogen (secondary N) is 2. The molecule has 0 saturated heterocycles. The molecule has 6 N–H and O–H groups in total. The van der Waals surface area contributed by atoms with Gasteiger partial charge in [0.1, 0.15) is 5.84 Å². The van der Waals surface area contributed by atoms with Crippen molar-refractivity contribution in [1.82, 2.24) is 10.6 Å². The van der Waals surface area contributed by atoms with Crippen molar-refractivity contribution in [3.63, 3.8) is 0 Å². The van der Waals surface area contributed by atoms with Crippen LogP contribution in [0.2, 0.25) is 0 Å². The number of nitrogens with two attached hydrogens (primary N) is 2. The van der Waals surface area contributed by atoms with Gasteiger partial charge in [-0.25, -0.2) is 9.20 Å². The van der Waals surface area contributed by atoms with Gasteiger partial charge in [0.2, 0.25) is 0 Å². The smallest absolute Gasteiger partial charge is 0.386 e. The summed E-state index contributed by atoms with van der Waals surface area (Å²) in [5.74, 6) is -1.89. The molecule has 2 rings (SSSR count). The normalized spacial score (nSPS) is 22.5. The summed E-state index contributed by atoms with van der Waals surface area (Å²) < 4.78 is 86.1. The van der Waals surface area contributed by atoms with E-state index in [0.717, 1.165) is 24.3 Å². The Morgan fingerprint density at radius 3 is 2.33 bits per heavy atom. The third-order valence-electron chi connectivity index (χ3n) is 5.35. The lowest BCUT2D eigenvalue weighted by Gasteiger charge is -2.33. The lowest BCUT2D eigenvalue weighted by atomic mass is 9.82. The van der Waals surface area contributed by atoms with Crippen molar-refractivity contribution in [2.75, 3.05) is 6.54 Å². The second-order valence-electron chi connectivity index (χ2n) is 7.97. The Morgan fingerprint density at radius 2 is 1.81 bits per heavy atom. The van der Waals surface area contributed by atoms with Crippen molar-refractivity contribution >= 4 is 28.2 Å². The molecule has 1 aliphatic rings. The van der Waals surface area contributed by atoms with Crippen molar-refractivity contribution in [3.8, 4) is 6.07 Å². The Balaban J connectivity index is 2.06. The van der Waals surface area contributed by atoms with Gasteiger partial charge in [-0.1, -0.05) is 0 Å². The molecule has 0 bridgehead atoms. The molecule has 0 radical (unpaired) electrons. The van der Waals surface area contributed by atoms with E-state index in [4.69, 9.17) is 11.5 Å². The van der Waals surface area contributed by atoms with Gasteiger partial charge >= 0.3 is 11.7 Å². The van der Waals surface area contributed by atoms with E-state index >= 15 is 0 Å². The van der Waals surface area contributed by atoms with E-state index in [1.807, 2.05) is 0 Å². The Kier molecular flexibility index (Phi) is 9.88. The van der Waals surface area contributed by atoms with Gasteiger partial charge in [-0.3, -0.25) is 4.79 Å². The average molecular weight is 539 g/mol. The van der Waals surface area contributed by atoms with Crippen LogP contribution in [0.3, 0.4) is 0 Å². The molecule has 36 heavy (non-hydrogen) atoms. The molecular weight excluding hydrogens is 514 g/mol. The summed E-state index contributed by atoms with van der Waals surface area (Å²) in [4.78, 5) is 15.3. The van der Waals surface area contributed by atoms with E-state index < -0.39 is 51.7 Å². The number of hydrogen-bond donors (Lipinski definition) is 4. The Hall–Kier alpha value is -3.12. The van der Waals surface area contributed by atoms with E-state index in [0.29, 0.717) is 19.3 Å². The molecule has 1 saturated carbocycles. The predicted octanol–water partition coefficient (Wildman–Crippen LogP) is 2.86. The number of carbonyl (C=O) groups excluding carboxylic acids is 1. The number of carbonyl (C=O) groups is 1. The zero-order valence-corrected chi connectivity index (χ0v) is 19.5. The van der Waals surface area contributed by atoms with Gasteiger partial charge in [-0.05, 0) is 43.5 Å². The first-order chi connectivity index (χ1) is 16.7. The number of benzene rings is 1. The number of hydrogen-bond acceptors (Lipinski definition) is 6. The Labute approximate surface area is 205 Å². The van der Waals surface area contributed by atoms with E-state index in [2.05, 4.69) is 21.7 Å². The highest BCUT2D eigenvalue weighted by molar-refractivity contribution is 7.86. The van der Waals surface area contributed by atoms with E-state index in [-0.39, 0.29) is 29.7 Å². The third-order valence-corrected chi connectivity index (χ3v) is 6.47. The molecule has 0 aliphatic heterocycles. The topological polar surface area (TPSA) is 146 Å². The van der Waals surface area contributed by atoms with Gasteiger partial charge in [-0.15, -0.1) is 0 Å². The van der Waals surface area contributed by atoms with Crippen molar-refractivity contribution in [3.05, 3.63) is 36.0 Å².